The molecule has 2 aromatic heterocycles. The number of nitrogen functional groups attached to an aromatic ring is 1. The number of aromatic nitrogens is 2. The van der Waals surface area contributed by atoms with Gasteiger partial charge in [0.15, 0.2) is 5.82 Å². The number of hydrogen-bond donors (Lipinski definition) is 1. The number of fused-ring (bicyclic) bond motifs is 1. The molecule has 2 heterocycles. The number of halogens is 2. The van der Waals surface area contributed by atoms with E-state index in [4.69, 9.17) is 22.6 Å². The fourth-order valence-electron chi connectivity index (χ4n) is 1.84. The number of rotatable bonds is 1. The van der Waals surface area contributed by atoms with Crippen LogP contribution < -0.4 is 5.73 Å². The van der Waals surface area contributed by atoms with Crippen LogP contribution in [0, 0.1) is 17.1 Å². The van der Waals surface area contributed by atoms with Crippen molar-refractivity contribution >= 4 is 39.0 Å². The van der Waals surface area contributed by atoms with Gasteiger partial charge in [-0.25, -0.2) is 14.4 Å². The molecular formula is C13H6ClFN4S. The third-order valence-corrected chi connectivity index (χ3v) is 4.16. The summed E-state index contributed by atoms with van der Waals surface area (Å²) < 4.78 is 14.2. The molecule has 3 aromatic rings. The first-order chi connectivity index (χ1) is 9.61. The van der Waals surface area contributed by atoms with Gasteiger partial charge in [0.1, 0.15) is 21.0 Å². The highest BCUT2D eigenvalue weighted by molar-refractivity contribution is 7.22. The summed E-state index contributed by atoms with van der Waals surface area (Å²) in [7, 11) is 0. The monoisotopic (exact) mass is 304 g/mol. The van der Waals surface area contributed by atoms with Crippen LogP contribution >= 0.6 is 22.9 Å². The maximum absolute atomic E-state index is 13.7. The zero-order chi connectivity index (χ0) is 14.3. The Morgan fingerprint density at radius 2 is 2.20 bits per heavy atom. The van der Waals surface area contributed by atoms with Gasteiger partial charge in [0.05, 0.1) is 22.9 Å². The third-order valence-electron chi connectivity index (χ3n) is 2.75. The van der Waals surface area contributed by atoms with Crippen LogP contribution in [0.1, 0.15) is 5.56 Å². The predicted octanol–water partition coefficient (Wildman–Crippen LogP) is 3.60. The van der Waals surface area contributed by atoms with Crippen molar-refractivity contribution in [3.05, 3.63) is 40.8 Å². The molecule has 0 bridgehead atoms. The molecule has 0 spiro atoms. The molecule has 2 N–H and O–H groups in total. The normalized spacial score (nSPS) is 10.7. The van der Waals surface area contributed by atoms with Crippen molar-refractivity contribution in [1.82, 2.24) is 9.97 Å². The fraction of sp³-hybridized carbons (Fsp3) is 0. The lowest BCUT2D eigenvalue weighted by molar-refractivity contribution is 0.632. The summed E-state index contributed by atoms with van der Waals surface area (Å²) in [5.41, 5.74) is 6.72. The minimum absolute atomic E-state index is 0.140. The highest BCUT2D eigenvalue weighted by Crippen LogP contribution is 2.38. The van der Waals surface area contributed by atoms with E-state index >= 15 is 0 Å². The summed E-state index contributed by atoms with van der Waals surface area (Å²) in [6.45, 7) is 0. The van der Waals surface area contributed by atoms with Gasteiger partial charge in [-0.1, -0.05) is 17.7 Å². The summed E-state index contributed by atoms with van der Waals surface area (Å²) in [6.07, 6.45) is 1.03. The second-order valence-electron chi connectivity index (χ2n) is 3.96. The van der Waals surface area contributed by atoms with Crippen molar-refractivity contribution in [2.45, 2.75) is 0 Å². The highest BCUT2D eigenvalue weighted by atomic mass is 35.5. The second kappa shape index (κ2) is 4.71. The molecule has 0 saturated carbocycles. The van der Waals surface area contributed by atoms with Gasteiger partial charge < -0.3 is 5.73 Å². The Kier molecular flexibility index (Phi) is 3.01. The number of nitrogens with zero attached hydrogens (tertiary/aromatic N) is 3. The molecular weight excluding hydrogens is 299 g/mol. The number of nitriles is 1. The molecule has 0 aliphatic carbocycles. The summed E-state index contributed by atoms with van der Waals surface area (Å²) in [4.78, 5) is 7.95. The number of thiazole rings is 1. The van der Waals surface area contributed by atoms with Gasteiger partial charge in [-0.15, -0.1) is 11.3 Å². The fourth-order valence-corrected chi connectivity index (χ4v) is 3.21. The maximum Gasteiger partial charge on any atom is 0.168 e. The van der Waals surface area contributed by atoms with Gasteiger partial charge in [-0.3, -0.25) is 0 Å². The standard InChI is InChI=1S/C13H6ClFN4S/c14-7-3-1-2-6(4-16)9(7)13-19-10-8(15)5-18-12(17)11(10)20-13/h1-3,5H,(H2,17,18). The lowest BCUT2D eigenvalue weighted by Gasteiger charge is -2.01. The summed E-state index contributed by atoms with van der Waals surface area (Å²) in [5.74, 6) is -0.349. The first kappa shape index (κ1) is 12.8. The minimum Gasteiger partial charge on any atom is -0.382 e. The van der Waals surface area contributed by atoms with E-state index in [1.165, 1.54) is 0 Å². The smallest absolute Gasteiger partial charge is 0.168 e. The minimum atomic E-state index is -0.553. The maximum atomic E-state index is 13.7. The molecule has 0 fully saturated rings. The largest absolute Gasteiger partial charge is 0.382 e. The van der Waals surface area contributed by atoms with Crippen molar-refractivity contribution in [2.75, 3.05) is 5.73 Å². The van der Waals surface area contributed by atoms with Crippen molar-refractivity contribution < 1.29 is 4.39 Å². The molecule has 20 heavy (non-hydrogen) atoms. The van der Waals surface area contributed by atoms with E-state index in [1.54, 1.807) is 18.2 Å². The van der Waals surface area contributed by atoms with Crippen LogP contribution in [0.4, 0.5) is 10.2 Å². The summed E-state index contributed by atoms with van der Waals surface area (Å²) >= 11 is 7.29. The number of benzene rings is 1. The van der Waals surface area contributed by atoms with Gasteiger partial charge in [0.25, 0.3) is 0 Å². The van der Waals surface area contributed by atoms with E-state index in [2.05, 4.69) is 16.0 Å². The highest BCUT2D eigenvalue weighted by Gasteiger charge is 2.17. The Hall–Kier alpha value is -2.23. The molecule has 0 aliphatic rings. The number of anilines is 1. The second-order valence-corrected chi connectivity index (χ2v) is 5.37. The molecule has 0 saturated heterocycles. The van der Waals surface area contributed by atoms with E-state index in [0.717, 1.165) is 17.5 Å². The van der Waals surface area contributed by atoms with Gasteiger partial charge in [-0.05, 0) is 12.1 Å². The molecule has 3 rings (SSSR count). The molecule has 0 aliphatic heterocycles. The van der Waals surface area contributed by atoms with Gasteiger partial charge in [-0.2, -0.15) is 5.26 Å². The average Bonchev–Trinajstić information content (AvgIpc) is 2.88. The van der Waals surface area contributed by atoms with Gasteiger partial charge in [0.2, 0.25) is 0 Å². The molecule has 0 radical (unpaired) electrons. The summed E-state index contributed by atoms with van der Waals surface area (Å²) in [6, 6.07) is 7.01. The van der Waals surface area contributed by atoms with Crippen molar-refractivity contribution in [3.63, 3.8) is 0 Å². The van der Waals surface area contributed by atoms with Gasteiger partial charge >= 0.3 is 0 Å². The molecule has 7 heteroatoms. The third kappa shape index (κ3) is 1.88. The van der Waals surface area contributed by atoms with Crippen LogP contribution in [-0.4, -0.2) is 9.97 Å². The van der Waals surface area contributed by atoms with Crippen LogP contribution in [0.15, 0.2) is 24.4 Å². The first-order valence-corrected chi connectivity index (χ1v) is 6.70. The summed E-state index contributed by atoms with van der Waals surface area (Å²) in [5, 5.41) is 9.97. The Morgan fingerprint density at radius 3 is 2.90 bits per heavy atom. The van der Waals surface area contributed by atoms with E-state index < -0.39 is 5.82 Å². The molecule has 4 nitrogen and oxygen atoms in total. The topological polar surface area (TPSA) is 75.6 Å². The van der Waals surface area contributed by atoms with Crippen molar-refractivity contribution in [3.8, 4) is 16.6 Å². The predicted molar refractivity (Wildman–Crippen MR) is 76.9 cm³/mol. The SMILES string of the molecule is N#Cc1cccc(Cl)c1-c1nc2c(F)cnc(N)c2s1. The van der Waals surface area contributed by atoms with E-state index in [9.17, 15) is 4.39 Å². The Labute approximate surface area is 122 Å². The number of hydrogen-bond acceptors (Lipinski definition) is 5. The zero-order valence-electron chi connectivity index (χ0n) is 9.89. The zero-order valence-corrected chi connectivity index (χ0v) is 11.5. The van der Waals surface area contributed by atoms with Crippen LogP contribution in [0.2, 0.25) is 5.02 Å². The van der Waals surface area contributed by atoms with Crippen LogP contribution in [-0.2, 0) is 0 Å². The van der Waals surface area contributed by atoms with Crippen LogP contribution in [0.3, 0.4) is 0 Å². The van der Waals surface area contributed by atoms with Crippen molar-refractivity contribution in [1.29, 1.82) is 5.26 Å². The molecule has 0 unspecified atom stereocenters. The quantitative estimate of drug-likeness (QED) is 0.745. The number of nitrogens with two attached hydrogens (primary N) is 1. The Balaban J connectivity index is 2.35. The average molecular weight is 305 g/mol. The Morgan fingerprint density at radius 1 is 1.40 bits per heavy atom. The van der Waals surface area contributed by atoms with E-state index in [-0.39, 0.29) is 11.3 Å². The molecule has 0 amide bonds. The Bertz CT molecular complexity index is 830. The molecule has 0 atom stereocenters. The van der Waals surface area contributed by atoms with Crippen LogP contribution in [0.5, 0.6) is 0 Å². The lowest BCUT2D eigenvalue weighted by Crippen LogP contribution is -1.91. The van der Waals surface area contributed by atoms with E-state index in [0.29, 0.717) is 25.9 Å². The van der Waals surface area contributed by atoms with E-state index in [1.807, 2.05) is 0 Å². The first-order valence-electron chi connectivity index (χ1n) is 5.51. The molecule has 98 valence electrons. The molecule has 1 aromatic carbocycles. The lowest BCUT2D eigenvalue weighted by atomic mass is 10.1. The van der Waals surface area contributed by atoms with Gasteiger partial charge in [0, 0.05) is 5.56 Å². The van der Waals surface area contributed by atoms with Crippen molar-refractivity contribution in [2.24, 2.45) is 0 Å². The van der Waals surface area contributed by atoms with Crippen LogP contribution in [0.25, 0.3) is 20.8 Å². The number of pyridine rings is 1.